The van der Waals surface area contributed by atoms with Gasteiger partial charge in [0.05, 0.1) is 0 Å². The predicted octanol–water partition coefficient (Wildman–Crippen LogP) is 3.74. The fourth-order valence-corrected chi connectivity index (χ4v) is 5.36. The van der Waals surface area contributed by atoms with Gasteiger partial charge in [-0.05, 0) is 23.7 Å². The Hall–Kier alpha value is -0.170. The van der Waals surface area contributed by atoms with Gasteiger partial charge in [-0.3, -0.25) is 0 Å². The Labute approximate surface area is 84.4 Å². The van der Waals surface area contributed by atoms with Crippen molar-refractivity contribution < 1.29 is 0 Å². The molecule has 0 aromatic carbocycles. The normalized spacial score (nSPS) is 19.3. The van der Waals surface area contributed by atoms with Crippen LogP contribution in [-0.4, -0.2) is 22.5 Å². The molecule has 0 amide bonds. The highest BCUT2D eigenvalue weighted by molar-refractivity contribution is 8.34. The Morgan fingerprint density at radius 2 is 1.46 bits per heavy atom. The van der Waals surface area contributed by atoms with Crippen molar-refractivity contribution >= 4 is 10.0 Å². The zero-order chi connectivity index (χ0) is 9.73. The summed E-state index contributed by atoms with van der Waals surface area (Å²) in [5, 5.41) is 0.765. The summed E-state index contributed by atoms with van der Waals surface area (Å²) in [5.74, 6) is 4.12. The third-order valence-corrected chi connectivity index (χ3v) is 8.14. The van der Waals surface area contributed by atoms with Crippen molar-refractivity contribution in [2.24, 2.45) is 0 Å². The van der Waals surface area contributed by atoms with Gasteiger partial charge in [-0.25, -0.2) is 10.0 Å². The summed E-state index contributed by atoms with van der Waals surface area (Å²) in [5.41, 5.74) is 0. The van der Waals surface area contributed by atoms with Gasteiger partial charge >= 0.3 is 0 Å². The quantitative estimate of drug-likeness (QED) is 0.604. The van der Waals surface area contributed by atoms with Crippen molar-refractivity contribution in [3.05, 3.63) is 24.3 Å². The van der Waals surface area contributed by atoms with Crippen LogP contribution < -0.4 is 0 Å². The maximum absolute atomic E-state index is 2.44. The fourth-order valence-electron chi connectivity index (χ4n) is 2.09. The lowest BCUT2D eigenvalue weighted by atomic mass is 10.2. The molecule has 0 saturated carbocycles. The SMILES string of the molecule is CCS(CC)(CC)C1C=CCC=C1. The minimum atomic E-state index is -0.386. The molecule has 0 unspecified atom stereocenters. The number of rotatable bonds is 4. The van der Waals surface area contributed by atoms with E-state index in [2.05, 4.69) is 45.1 Å². The maximum atomic E-state index is 2.44. The van der Waals surface area contributed by atoms with Gasteiger partial charge in [-0.2, -0.15) is 0 Å². The number of hydrogen-bond acceptors (Lipinski definition) is 0. The highest BCUT2D eigenvalue weighted by Gasteiger charge is 2.25. The maximum Gasteiger partial charge on any atom is 0.0251 e. The molecule has 1 heteroatoms. The summed E-state index contributed by atoms with van der Waals surface area (Å²) < 4.78 is 0. The molecule has 1 aliphatic rings. The lowest BCUT2D eigenvalue weighted by Crippen LogP contribution is -2.21. The van der Waals surface area contributed by atoms with Gasteiger partial charge in [0.1, 0.15) is 0 Å². The first-order valence-corrected chi connectivity index (χ1v) is 7.58. The number of allylic oxidation sites excluding steroid dienone is 2. The van der Waals surface area contributed by atoms with E-state index < -0.39 is 0 Å². The first-order chi connectivity index (χ1) is 6.29. The van der Waals surface area contributed by atoms with E-state index in [9.17, 15) is 0 Å². The zero-order valence-corrected chi connectivity index (χ0v) is 9.94. The Bertz CT molecular complexity index is 179. The lowest BCUT2D eigenvalue weighted by Gasteiger charge is -2.43. The largest absolute Gasteiger partial charge is 0.232 e. The van der Waals surface area contributed by atoms with Gasteiger partial charge < -0.3 is 0 Å². The highest BCUT2D eigenvalue weighted by Crippen LogP contribution is 2.53. The topological polar surface area (TPSA) is 0 Å². The summed E-state index contributed by atoms with van der Waals surface area (Å²) in [6.45, 7) is 7.08. The molecular weight excluding hydrogens is 176 g/mol. The second-order valence-electron chi connectivity index (χ2n) is 3.54. The minimum absolute atomic E-state index is 0.386. The molecule has 0 fully saturated rings. The molecular formula is C12H22S. The van der Waals surface area contributed by atoms with E-state index in [0.717, 1.165) is 11.7 Å². The first-order valence-electron chi connectivity index (χ1n) is 5.37. The van der Waals surface area contributed by atoms with Gasteiger partial charge in [0.15, 0.2) is 0 Å². The Morgan fingerprint density at radius 1 is 1.00 bits per heavy atom. The molecule has 0 atom stereocenters. The second kappa shape index (κ2) is 4.90. The van der Waals surface area contributed by atoms with Crippen molar-refractivity contribution in [2.75, 3.05) is 17.3 Å². The van der Waals surface area contributed by atoms with Crippen molar-refractivity contribution in [3.8, 4) is 0 Å². The van der Waals surface area contributed by atoms with E-state index in [4.69, 9.17) is 0 Å². The van der Waals surface area contributed by atoms with Crippen molar-refractivity contribution in [1.29, 1.82) is 0 Å². The molecule has 1 aliphatic carbocycles. The van der Waals surface area contributed by atoms with Crippen molar-refractivity contribution in [2.45, 2.75) is 32.4 Å². The van der Waals surface area contributed by atoms with Crippen LogP contribution in [0.15, 0.2) is 24.3 Å². The van der Waals surface area contributed by atoms with Crippen LogP contribution in [0.1, 0.15) is 27.2 Å². The van der Waals surface area contributed by atoms with Crippen LogP contribution in [0, 0.1) is 0 Å². The Morgan fingerprint density at radius 3 is 1.85 bits per heavy atom. The summed E-state index contributed by atoms with van der Waals surface area (Å²) in [6.07, 6.45) is 10.7. The third-order valence-electron chi connectivity index (χ3n) is 3.23. The zero-order valence-electron chi connectivity index (χ0n) is 9.12. The van der Waals surface area contributed by atoms with Crippen LogP contribution in [-0.2, 0) is 0 Å². The molecule has 1 rings (SSSR count). The average molecular weight is 198 g/mol. The average Bonchev–Trinajstić information content (AvgIpc) is 2.23. The van der Waals surface area contributed by atoms with Crippen LogP contribution in [0.5, 0.6) is 0 Å². The highest BCUT2D eigenvalue weighted by atomic mass is 32.3. The summed E-state index contributed by atoms with van der Waals surface area (Å²) in [4.78, 5) is 0. The van der Waals surface area contributed by atoms with E-state index in [1.165, 1.54) is 17.3 Å². The van der Waals surface area contributed by atoms with E-state index >= 15 is 0 Å². The van der Waals surface area contributed by atoms with Gasteiger partial charge in [0.2, 0.25) is 0 Å². The van der Waals surface area contributed by atoms with Gasteiger partial charge in [0, 0.05) is 5.25 Å². The van der Waals surface area contributed by atoms with Crippen LogP contribution >= 0.6 is 10.0 Å². The molecule has 0 aromatic heterocycles. The smallest absolute Gasteiger partial charge is 0.0251 e. The van der Waals surface area contributed by atoms with E-state index in [0.29, 0.717) is 0 Å². The monoisotopic (exact) mass is 198 g/mol. The Balaban J connectivity index is 2.79. The molecule has 0 saturated heterocycles. The third kappa shape index (κ3) is 2.19. The van der Waals surface area contributed by atoms with Crippen molar-refractivity contribution in [1.82, 2.24) is 0 Å². The summed E-state index contributed by atoms with van der Waals surface area (Å²) in [6, 6.07) is 0. The first kappa shape index (κ1) is 10.9. The molecule has 13 heavy (non-hydrogen) atoms. The molecule has 0 aromatic rings. The van der Waals surface area contributed by atoms with Gasteiger partial charge in [-0.1, -0.05) is 45.1 Å². The van der Waals surface area contributed by atoms with E-state index in [1.807, 2.05) is 0 Å². The van der Waals surface area contributed by atoms with E-state index in [-0.39, 0.29) is 10.0 Å². The molecule has 76 valence electrons. The molecule has 0 radical (unpaired) electrons. The van der Waals surface area contributed by atoms with Crippen molar-refractivity contribution in [3.63, 3.8) is 0 Å². The summed E-state index contributed by atoms with van der Waals surface area (Å²) >= 11 is 0. The number of hydrogen-bond donors (Lipinski definition) is 0. The second-order valence-corrected chi connectivity index (χ2v) is 8.04. The van der Waals surface area contributed by atoms with Gasteiger partial charge in [0.25, 0.3) is 0 Å². The van der Waals surface area contributed by atoms with Crippen LogP contribution in [0.25, 0.3) is 0 Å². The van der Waals surface area contributed by atoms with Crippen LogP contribution in [0.3, 0.4) is 0 Å². The van der Waals surface area contributed by atoms with E-state index in [1.54, 1.807) is 0 Å². The molecule has 0 aliphatic heterocycles. The lowest BCUT2D eigenvalue weighted by molar-refractivity contribution is 1.19. The van der Waals surface area contributed by atoms with Crippen LogP contribution in [0.2, 0.25) is 0 Å². The fraction of sp³-hybridized carbons (Fsp3) is 0.667. The van der Waals surface area contributed by atoms with Crippen LogP contribution in [0.4, 0.5) is 0 Å². The Kier molecular flexibility index (Phi) is 4.11. The summed E-state index contributed by atoms with van der Waals surface area (Å²) in [7, 11) is -0.386. The molecule has 0 heterocycles. The standard InChI is InChI=1S/C12H22S/c1-4-13(5-2,6-3)12-10-8-7-9-11-12/h8-12H,4-7H2,1-3H3. The van der Waals surface area contributed by atoms with Gasteiger partial charge in [-0.15, -0.1) is 0 Å². The molecule has 0 bridgehead atoms. The predicted molar refractivity (Wildman–Crippen MR) is 65.9 cm³/mol. The molecule has 0 spiro atoms. The molecule has 0 nitrogen and oxygen atoms in total. The molecule has 0 N–H and O–H groups in total. The minimum Gasteiger partial charge on any atom is -0.232 e.